The van der Waals surface area contributed by atoms with Gasteiger partial charge in [-0.1, -0.05) is 19.9 Å². The second-order valence-electron chi connectivity index (χ2n) is 12.6. The Morgan fingerprint density at radius 2 is 1.77 bits per heavy atom. The third kappa shape index (κ3) is 5.20. The molecule has 1 aromatic carbocycles. The van der Waals surface area contributed by atoms with Crippen LogP contribution < -0.4 is 10.6 Å². The van der Waals surface area contributed by atoms with Gasteiger partial charge in [0.05, 0.1) is 18.2 Å². The van der Waals surface area contributed by atoms with Crippen molar-refractivity contribution in [2.45, 2.75) is 84.2 Å². The minimum absolute atomic E-state index is 0.0350. The SMILES string of the molecule is CCOC(=O)C1CCN(Cc2ccc(NC(=O)NC34CC5C[C@@](C)(C3)C[C@](C)(C5)C4)c(F)c2)CC1. The van der Waals surface area contributed by atoms with Gasteiger partial charge in [0, 0.05) is 12.1 Å². The van der Waals surface area contributed by atoms with Crippen molar-refractivity contribution >= 4 is 17.7 Å². The molecule has 192 valence electrons. The Hall–Kier alpha value is -2.15. The summed E-state index contributed by atoms with van der Waals surface area (Å²) in [6, 6.07) is 4.76. The van der Waals surface area contributed by atoms with Crippen molar-refractivity contribution in [3.8, 4) is 0 Å². The Balaban J connectivity index is 1.16. The number of benzene rings is 1. The first-order valence-corrected chi connectivity index (χ1v) is 13.3. The van der Waals surface area contributed by atoms with E-state index in [0.29, 0.717) is 29.9 Å². The first-order valence-electron chi connectivity index (χ1n) is 13.3. The van der Waals surface area contributed by atoms with Crippen LogP contribution in [0.4, 0.5) is 14.9 Å². The number of carbonyl (C=O) groups is 2. The van der Waals surface area contributed by atoms with Gasteiger partial charge in [-0.2, -0.15) is 0 Å². The first-order chi connectivity index (χ1) is 16.6. The molecular weight excluding hydrogens is 445 g/mol. The number of carbonyl (C=O) groups excluding carboxylic acids is 2. The molecule has 0 radical (unpaired) electrons. The predicted molar refractivity (Wildman–Crippen MR) is 133 cm³/mol. The largest absolute Gasteiger partial charge is 0.466 e. The lowest BCUT2D eigenvalue weighted by Gasteiger charge is -2.65. The molecule has 1 heterocycles. The van der Waals surface area contributed by atoms with Gasteiger partial charge in [-0.15, -0.1) is 0 Å². The second-order valence-corrected chi connectivity index (χ2v) is 12.6. The molecule has 0 spiro atoms. The predicted octanol–water partition coefficient (Wildman–Crippen LogP) is 5.47. The van der Waals surface area contributed by atoms with Crippen LogP contribution in [0, 0.1) is 28.5 Å². The number of hydrogen-bond acceptors (Lipinski definition) is 4. The summed E-state index contributed by atoms with van der Waals surface area (Å²) in [6.07, 6.45) is 8.40. The van der Waals surface area contributed by atoms with E-state index in [-0.39, 0.29) is 29.1 Å². The van der Waals surface area contributed by atoms with Crippen LogP contribution in [-0.4, -0.2) is 42.1 Å². The van der Waals surface area contributed by atoms with Gasteiger partial charge in [0.1, 0.15) is 5.82 Å². The van der Waals surface area contributed by atoms with Crippen molar-refractivity contribution in [3.05, 3.63) is 29.6 Å². The van der Waals surface area contributed by atoms with Crippen LogP contribution in [0.2, 0.25) is 0 Å². The highest BCUT2D eigenvalue weighted by atomic mass is 19.1. The van der Waals surface area contributed by atoms with Gasteiger partial charge in [-0.05, 0) is 106 Å². The molecular formula is C28H40FN3O3. The summed E-state index contributed by atoms with van der Waals surface area (Å²) in [5.74, 6) is 0.124. The summed E-state index contributed by atoms with van der Waals surface area (Å²) < 4.78 is 20.1. The molecule has 0 aromatic heterocycles. The van der Waals surface area contributed by atoms with Crippen molar-refractivity contribution in [2.24, 2.45) is 22.7 Å². The molecule has 4 saturated carbocycles. The van der Waals surface area contributed by atoms with E-state index in [1.807, 2.05) is 13.0 Å². The lowest BCUT2D eigenvalue weighted by molar-refractivity contribution is -0.149. The molecule has 5 fully saturated rings. The number of likely N-dealkylation sites (tertiary alicyclic amines) is 1. The zero-order chi connectivity index (χ0) is 24.8. The number of ether oxygens (including phenoxy) is 1. The maximum Gasteiger partial charge on any atom is 0.319 e. The van der Waals surface area contributed by atoms with Crippen molar-refractivity contribution in [1.29, 1.82) is 0 Å². The summed E-state index contributed by atoms with van der Waals surface area (Å²) >= 11 is 0. The number of esters is 1. The highest BCUT2D eigenvalue weighted by Gasteiger charge is 2.60. The molecule has 6 rings (SSSR count). The van der Waals surface area contributed by atoms with E-state index >= 15 is 0 Å². The van der Waals surface area contributed by atoms with Gasteiger partial charge in [0.25, 0.3) is 0 Å². The third-order valence-corrected chi connectivity index (χ3v) is 8.90. The van der Waals surface area contributed by atoms with Gasteiger partial charge in [0.15, 0.2) is 0 Å². The van der Waals surface area contributed by atoms with Gasteiger partial charge in [0.2, 0.25) is 0 Å². The highest BCUT2D eigenvalue weighted by molar-refractivity contribution is 5.90. The molecule has 1 saturated heterocycles. The lowest BCUT2D eigenvalue weighted by Crippen LogP contribution is -2.65. The maximum atomic E-state index is 14.9. The molecule has 7 heteroatoms. The fourth-order valence-electron chi connectivity index (χ4n) is 8.58. The number of anilines is 1. The molecule has 4 bridgehead atoms. The van der Waals surface area contributed by atoms with Crippen molar-refractivity contribution in [1.82, 2.24) is 10.2 Å². The van der Waals surface area contributed by atoms with Gasteiger partial charge < -0.3 is 15.4 Å². The summed E-state index contributed by atoms with van der Waals surface area (Å²) in [5, 5.41) is 6.07. The Bertz CT molecular complexity index is 972. The minimum Gasteiger partial charge on any atom is -0.466 e. The minimum atomic E-state index is -0.413. The highest BCUT2D eigenvalue weighted by Crippen LogP contribution is 2.66. The van der Waals surface area contributed by atoms with Gasteiger partial charge >= 0.3 is 12.0 Å². The van der Waals surface area contributed by atoms with Gasteiger partial charge in [-0.25, -0.2) is 9.18 Å². The average molecular weight is 486 g/mol. The zero-order valence-electron chi connectivity index (χ0n) is 21.4. The Morgan fingerprint density at radius 1 is 1.09 bits per heavy atom. The Kier molecular flexibility index (Phi) is 6.35. The average Bonchev–Trinajstić information content (AvgIpc) is 2.73. The molecule has 1 aliphatic heterocycles. The topological polar surface area (TPSA) is 70.7 Å². The molecule has 1 aromatic rings. The molecule has 4 aliphatic carbocycles. The number of piperidine rings is 1. The van der Waals surface area contributed by atoms with Crippen LogP contribution in [0.5, 0.6) is 0 Å². The van der Waals surface area contributed by atoms with E-state index in [4.69, 9.17) is 4.74 Å². The van der Waals surface area contributed by atoms with Crippen LogP contribution in [-0.2, 0) is 16.1 Å². The van der Waals surface area contributed by atoms with E-state index in [1.165, 1.54) is 25.3 Å². The van der Waals surface area contributed by atoms with E-state index in [9.17, 15) is 14.0 Å². The standard InChI is InChI=1S/C28H40FN3O3/c1-4-35-24(33)21-7-9-32(10-8-21)15-19-5-6-23(22(29)11-19)30-25(34)31-28-14-20-12-26(2,17-28)16-27(3,13-20)18-28/h5-6,11,20-21H,4,7-10,12-18H2,1-3H3,(H2,30,31,34)/t20?,26-,27+,28?. The van der Waals surface area contributed by atoms with Crippen molar-refractivity contribution in [2.75, 3.05) is 25.0 Å². The van der Waals surface area contributed by atoms with Gasteiger partial charge in [-0.3, -0.25) is 9.69 Å². The molecule has 4 atom stereocenters. The van der Waals surface area contributed by atoms with Crippen LogP contribution in [0.1, 0.15) is 77.7 Å². The summed E-state index contributed by atoms with van der Waals surface area (Å²) in [6.45, 7) is 9.19. The summed E-state index contributed by atoms with van der Waals surface area (Å²) in [7, 11) is 0. The molecule has 2 unspecified atom stereocenters. The van der Waals surface area contributed by atoms with Crippen LogP contribution >= 0.6 is 0 Å². The number of hydrogen-bond donors (Lipinski definition) is 2. The molecule has 2 amide bonds. The number of halogens is 1. The van der Waals surface area contributed by atoms with Crippen LogP contribution in [0.3, 0.4) is 0 Å². The summed E-state index contributed by atoms with van der Waals surface area (Å²) in [4.78, 5) is 27.1. The monoisotopic (exact) mass is 485 g/mol. The number of nitrogens with zero attached hydrogens (tertiary/aromatic N) is 1. The smallest absolute Gasteiger partial charge is 0.319 e. The van der Waals surface area contributed by atoms with Crippen molar-refractivity contribution in [3.63, 3.8) is 0 Å². The first kappa shape index (κ1) is 24.5. The van der Waals surface area contributed by atoms with Crippen LogP contribution in [0.15, 0.2) is 18.2 Å². The molecule has 2 N–H and O–H groups in total. The van der Waals surface area contributed by atoms with E-state index < -0.39 is 5.82 Å². The number of amides is 2. The van der Waals surface area contributed by atoms with Crippen molar-refractivity contribution < 1.29 is 18.7 Å². The zero-order valence-corrected chi connectivity index (χ0v) is 21.4. The van der Waals surface area contributed by atoms with E-state index in [1.54, 1.807) is 6.07 Å². The number of nitrogens with one attached hydrogen (secondary N) is 2. The Morgan fingerprint density at radius 3 is 2.37 bits per heavy atom. The third-order valence-electron chi connectivity index (χ3n) is 8.90. The molecule has 5 aliphatic rings. The fourth-order valence-corrected chi connectivity index (χ4v) is 8.58. The second kappa shape index (κ2) is 9.06. The molecule has 35 heavy (non-hydrogen) atoms. The van der Waals surface area contributed by atoms with Crippen LogP contribution in [0.25, 0.3) is 0 Å². The lowest BCUT2D eigenvalue weighted by atomic mass is 9.43. The van der Waals surface area contributed by atoms with E-state index in [0.717, 1.165) is 50.8 Å². The number of rotatable bonds is 6. The van der Waals surface area contributed by atoms with E-state index in [2.05, 4.69) is 29.4 Å². The molecule has 6 nitrogen and oxygen atoms in total. The quantitative estimate of drug-likeness (QED) is 0.524. The fraction of sp³-hybridized carbons (Fsp3) is 0.714. The Labute approximate surface area is 208 Å². The maximum absolute atomic E-state index is 14.9. The normalized spacial score (nSPS) is 34.6. The number of urea groups is 1. The summed E-state index contributed by atoms with van der Waals surface area (Å²) in [5.41, 5.74) is 1.52.